The summed E-state index contributed by atoms with van der Waals surface area (Å²) in [6.45, 7) is 10.4. The predicted octanol–water partition coefficient (Wildman–Crippen LogP) is 2.87. The molecule has 0 aromatic carbocycles. The Morgan fingerprint density at radius 1 is 1.36 bits per heavy atom. The van der Waals surface area contributed by atoms with E-state index in [0.29, 0.717) is 11.3 Å². The first-order chi connectivity index (χ1) is 10.5. The maximum atomic E-state index is 12.9. The molecule has 0 bridgehead atoms. The van der Waals surface area contributed by atoms with Gasteiger partial charge in [0.15, 0.2) is 0 Å². The average molecular weight is 321 g/mol. The van der Waals surface area contributed by atoms with E-state index >= 15 is 0 Å². The lowest BCUT2D eigenvalue weighted by atomic mass is 9.78. The zero-order chi connectivity index (χ0) is 15.7. The van der Waals surface area contributed by atoms with Crippen LogP contribution in [0.3, 0.4) is 0 Å². The Kier molecular flexibility index (Phi) is 4.55. The molecule has 2 saturated heterocycles. The fourth-order valence-corrected chi connectivity index (χ4v) is 4.63. The highest BCUT2D eigenvalue weighted by Gasteiger charge is 2.38. The Hall–Kier alpha value is -0.940. The summed E-state index contributed by atoms with van der Waals surface area (Å²) in [5, 5.41) is 4.49. The number of aromatic nitrogens is 1. The van der Waals surface area contributed by atoms with Crippen LogP contribution in [0.25, 0.3) is 0 Å². The van der Waals surface area contributed by atoms with Crippen LogP contribution in [0.15, 0.2) is 0 Å². The summed E-state index contributed by atoms with van der Waals surface area (Å²) in [5.74, 6) is 0.740. The number of rotatable bonds is 3. The van der Waals surface area contributed by atoms with Gasteiger partial charge in [0.05, 0.1) is 10.7 Å². The molecule has 0 atom stereocenters. The van der Waals surface area contributed by atoms with E-state index in [4.69, 9.17) is 0 Å². The van der Waals surface area contributed by atoms with E-state index in [1.807, 2.05) is 6.92 Å². The predicted molar refractivity (Wildman–Crippen MR) is 90.5 cm³/mol. The number of aryl methyl sites for hydroxylation is 1. The normalized spacial score (nSPS) is 21.0. The van der Waals surface area contributed by atoms with Crippen molar-refractivity contribution in [1.82, 2.24) is 15.2 Å². The molecule has 0 radical (unpaired) electrons. The molecule has 2 fully saturated rings. The summed E-state index contributed by atoms with van der Waals surface area (Å²) in [7, 11) is 0. The van der Waals surface area contributed by atoms with Crippen molar-refractivity contribution in [3.05, 3.63) is 15.6 Å². The Morgan fingerprint density at radius 2 is 2.09 bits per heavy atom. The van der Waals surface area contributed by atoms with Crippen LogP contribution in [0.1, 0.15) is 53.5 Å². The third kappa shape index (κ3) is 3.20. The molecular weight excluding hydrogens is 294 g/mol. The van der Waals surface area contributed by atoms with Gasteiger partial charge >= 0.3 is 0 Å². The molecule has 2 aliphatic rings. The van der Waals surface area contributed by atoms with Crippen LogP contribution in [-0.2, 0) is 6.42 Å². The molecule has 22 heavy (non-hydrogen) atoms. The minimum Gasteiger partial charge on any atom is -0.338 e. The lowest BCUT2D eigenvalue weighted by Gasteiger charge is -2.38. The monoisotopic (exact) mass is 321 g/mol. The number of nitrogens with one attached hydrogen (secondary N) is 1. The molecular formula is C17H27N3OS. The number of carbonyl (C=O) groups is 1. The van der Waals surface area contributed by atoms with Gasteiger partial charge in [-0.1, -0.05) is 13.8 Å². The topological polar surface area (TPSA) is 45.2 Å². The van der Waals surface area contributed by atoms with Crippen molar-refractivity contribution in [3.63, 3.8) is 0 Å². The van der Waals surface area contributed by atoms with E-state index in [1.165, 1.54) is 6.42 Å². The van der Waals surface area contributed by atoms with Gasteiger partial charge in [-0.25, -0.2) is 4.98 Å². The molecule has 0 saturated carbocycles. The van der Waals surface area contributed by atoms with Gasteiger partial charge in [-0.05, 0) is 50.5 Å². The Balaban J connectivity index is 1.69. The molecule has 3 rings (SSSR count). The Morgan fingerprint density at radius 3 is 2.68 bits per heavy atom. The van der Waals surface area contributed by atoms with E-state index in [-0.39, 0.29) is 5.91 Å². The zero-order valence-electron chi connectivity index (χ0n) is 13.9. The maximum Gasteiger partial charge on any atom is 0.265 e. The highest BCUT2D eigenvalue weighted by atomic mass is 32.1. The molecule has 3 heterocycles. The van der Waals surface area contributed by atoms with E-state index < -0.39 is 0 Å². The number of nitrogens with zero attached hydrogens (tertiary/aromatic N) is 2. The standard InChI is InChI=1S/C17H27N3OS/c1-12(2)10-14-15(22-13(3)19-14)16(21)20-8-5-17(6-9-20)4-7-18-11-17/h12,18H,4-11H2,1-3H3. The summed E-state index contributed by atoms with van der Waals surface area (Å²) in [4.78, 5) is 20.4. The molecule has 1 N–H and O–H groups in total. The SMILES string of the molecule is Cc1nc(CC(C)C)c(C(=O)N2CCC3(CCNC3)CC2)s1. The Labute approximate surface area is 137 Å². The molecule has 2 aliphatic heterocycles. The summed E-state index contributed by atoms with van der Waals surface area (Å²) in [6.07, 6.45) is 4.45. The van der Waals surface area contributed by atoms with Gasteiger partial charge in [0, 0.05) is 19.6 Å². The van der Waals surface area contributed by atoms with Crippen LogP contribution >= 0.6 is 11.3 Å². The molecule has 4 nitrogen and oxygen atoms in total. The molecule has 1 spiro atoms. The minimum absolute atomic E-state index is 0.210. The second kappa shape index (κ2) is 6.28. The van der Waals surface area contributed by atoms with Gasteiger partial charge in [-0.2, -0.15) is 0 Å². The van der Waals surface area contributed by atoms with Crippen LogP contribution in [0.4, 0.5) is 0 Å². The number of piperidine rings is 1. The van der Waals surface area contributed by atoms with Crippen molar-refractivity contribution >= 4 is 17.2 Å². The van der Waals surface area contributed by atoms with Crippen molar-refractivity contribution in [2.24, 2.45) is 11.3 Å². The highest BCUT2D eigenvalue weighted by Crippen LogP contribution is 2.37. The van der Waals surface area contributed by atoms with Crippen molar-refractivity contribution in [1.29, 1.82) is 0 Å². The minimum atomic E-state index is 0.210. The van der Waals surface area contributed by atoms with Crippen molar-refractivity contribution in [2.75, 3.05) is 26.2 Å². The van der Waals surface area contributed by atoms with Crippen LogP contribution in [0, 0.1) is 18.3 Å². The van der Waals surface area contributed by atoms with Crippen molar-refractivity contribution in [2.45, 2.75) is 46.5 Å². The lowest BCUT2D eigenvalue weighted by molar-refractivity contribution is 0.0611. The van der Waals surface area contributed by atoms with Gasteiger partial charge in [0.2, 0.25) is 0 Å². The maximum absolute atomic E-state index is 12.9. The average Bonchev–Trinajstić information content (AvgIpc) is 3.06. The third-order valence-corrected chi connectivity index (χ3v) is 6.04. The van der Waals surface area contributed by atoms with E-state index in [2.05, 4.69) is 29.0 Å². The van der Waals surface area contributed by atoms with Gasteiger partial charge in [0.1, 0.15) is 4.88 Å². The van der Waals surface area contributed by atoms with E-state index in [9.17, 15) is 4.79 Å². The number of amides is 1. The van der Waals surface area contributed by atoms with Crippen LogP contribution in [0.2, 0.25) is 0 Å². The largest absolute Gasteiger partial charge is 0.338 e. The molecule has 1 aromatic heterocycles. The van der Waals surface area contributed by atoms with E-state index in [0.717, 1.165) is 61.0 Å². The highest BCUT2D eigenvalue weighted by molar-refractivity contribution is 7.13. The van der Waals surface area contributed by atoms with Crippen LogP contribution < -0.4 is 5.32 Å². The number of carbonyl (C=O) groups excluding carboxylic acids is 1. The Bertz CT molecular complexity index is 536. The first kappa shape index (κ1) is 15.9. The first-order valence-electron chi connectivity index (χ1n) is 8.45. The lowest BCUT2D eigenvalue weighted by Crippen LogP contribution is -2.44. The van der Waals surface area contributed by atoms with Crippen LogP contribution in [-0.4, -0.2) is 42.0 Å². The summed E-state index contributed by atoms with van der Waals surface area (Å²) >= 11 is 1.57. The quantitative estimate of drug-likeness (QED) is 0.931. The van der Waals surface area contributed by atoms with Gasteiger partial charge in [-0.15, -0.1) is 11.3 Å². The molecule has 0 aliphatic carbocycles. The molecule has 0 unspecified atom stereocenters. The smallest absolute Gasteiger partial charge is 0.265 e. The van der Waals surface area contributed by atoms with Gasteiger partial charge < -0.3 is 10.2 Å². The fourth-order valence-electron chi connectivity index (χ4n) is 3.71. The van der Waals surface area contributed by atoms with Gasteiger partial charge in [-0.3, -0.25) is 4.79 Å². The van der Waals surface area contributed by atoms with Gasteiger partial charge in [0.25, 0.3) is 5.91 Å². The van der Waals surface area contributed by atoms with Crippen molar-refractivity contribution in [3.8, 4) is 0 Å². The van der Waals surface area contributed by atoms with E-state index in [1.54, 1.807) is 11.3 Å². The van der Waals surface area contributed by atoms with Crippen LogP contribution in [0.5, 0.6) is 0 Å². The third-order valence-electron chi connectivity index (χ3n) is 5.04. The summed E-state index contributed by atoms with van der Waals surface area (Å²) in [5.41, 5.74) is 1.46. The second-order valence-electron chi connectivity index (χ2n) is 7.33. The van der Waals surface area contributed by atoms with Crippen molar-refractivity contribution < 1.29 is 4.79 Å². The molecule has 1 aromatic rings. The molecule has 5 heteroatoms. The fraction of sp³-hybridized carbons (Fsp3) is 0.765. The number of likely N-dealkylation sites (tertiary alicyclic amines) is 1. The molecule has 1 amide bonds. The first-order valence-corrected chi connectivity index (χ1v) is 9.27. The number of hydrogen-bond donors (Lipinski definition) is 1. The summed E-state index contributed by atoms with van der Waals surface area (Å²) < 4.78 is 0. The second-order valence-corrected chi connectivity index (χ2v) is 8.53. The molecule has 122 valence electrons. The number of thiazole rings is 1. The number of hydrogen-bond acceptors (Lipinski definition) is 4. The zero-order valence-corrected chi connectivity index (χ0v) is 14.8. The summed E-state index contributed by atoms with van der Waals surface area (Å²) in [6, 6.07) is 0.